The Morgan fingerprint density at radius 3 is 1.38 bits per heavy atom. The summed E-state index contributed by atoms with van der Waals surface area (Å²) in [7, 11) is 0. The second kappa shape index (κ2) is 11.5. The van der Waals surface area contributed by atoms with Gasteiger partial charge >= 0.3 is 0 Å². The van der Waals surface area contributed by atoms with Gasteiger partial charge in [-0.05, 0) is 24.3 Å². The lowest BCUT2D eigenvalue weighted by molar-refractivity contribution is -0.214. The van der Waals surface area contributed by atoms with Gasteiger partial charge in [0.25, 0.3) is 0 Å². The summed E-state index contributed by atoms with van der Waals surface area (Å²) < 4.78 is 12.8. The van der Waals surface area contributed by atoms with E-state index in [-0.39, 0.29) is 0 Å². The number of aliphatic hydroxyl groups excluding tert-OH is 8. The number of hydrogen-bond acceptors (Lipinski definition) is 11. The molecule has 206 valence electrons. The van der Waals surface area contributed by atoms with Crippen LogP contribution in [0.3, 0.4) is 0 Å². The average Bonchev–Trinajstić information content (AvgIpc) is 3.31. The van der Waals surface area contributed by atoms with Crippen LogP contribution in [-0.4, -0.2) is 115 Å². The van der Waals surface area contributed by atoms with E-state index in [1.807, 2.05) is 36.4 Å². The number of fused-ring (bicyclic) bond motifs is 3. The van der Waals surface area contributed by atoms with Crippen LogP contribution in [0.15, 0.2) is 36.4 Å². The smallest absolute Gasteiger partial charge is 0.147 e. The van der Waals surface area contributed by atoms with Gasteiger partial charge in [0.1, 0.15) is 61.0 Å². The molecule has 0 radical (unpaired) electrons. The van der Waals surface area contributed by atoms with E-state index < -0.39 is 74.3 Å². The van der Waals surface area contributed by atoms with Crippen molar-refractivity contribution in [1.82, 2.24) is 0 Å². The van der Waals surface area contributed by atoms with Crippen molar-refractivity contribution in [2.75, 3.05) is 13.2 Å². The summed E-state index contributed by atoms with van der Waals surface area (Å²) in [6.45, 7) is -1.04. The van der Waals surface area contributed by atoms with Crippen LogP contribution < -0.4 is 0 Å². The van der Waals surface area contributed by atoms with Gasteiger partial charge in [-0.1, -0.05) is 35.8 Å². The largest absolute Gasteiger partial charge is 0.394 e. The van der Waals surface area contributed by atoms with Crippen LogP contribution >= 0.6 is 11.3 Å². The van der Waals surface area contributed by atoms with Gasteiger partial charge in [0.15, 0.2) is 0 Å². The molecule has 0 amide bonds. The zero-order chi connectivity index (χ0) is 27.8. The average molecular weight is 557 g/mol. The third-order valence-electron chi connectivity index (χ3n) is 6.98. The normalized spacial score (nSPS) is 34.8. The summed E-state index contributed by atoms with van der Waals surface area (Å²) in [4.78, 5) is 0. The molecule has 11 heteroatoms. The SMILES string of the molecule is OC[C@H]1O[C@H](C#Cc2ccc3c(c2)sc2cc(C#C[C@H]4O[C@H](CO)[C@@H](O)C(O)[C@@H]4O)ccc23)[C@@H](O)[C@@H](O)[C@@H]1O. The Balaban J connectivity index is 1.37. The first-order chi connectivity index (χ1) is 18.7. The molecule has 2 aliphatic heterocycles. The second-order valence-electron chi connectivity index (χ2n) is 9.56. The van der Waals surface area contributed by atoms with Crippen molar-refractivity contribution in [2.45, 2.75) is 61.0 Å². The maximum atomic E-state index is 10.2. The van der Waals surface area contributed by atoms with Crippen LogP contribution in [0, 0.1) is 23.7 Å². The van der Waals surface area contributed by atoms with Crippen molar-refractivity contribution in [3.05, 3.63) is 47.5 Å². The van der Waals surface area contributed by atoms with E-state index in [1.165, 1.54) is 11.3 Å². The van der Waals surface area contributed by atoms with E-state index in [2.05, 4.69) is 23.7 Å². The van der Waals surface area contributed by atoms with E-state index in [4.69, 9.17) is 9.47 Å². The number of ether oxygens (including phenoxy) is 2. The van der Waals surface area contributed by atoms with Gasteiger partial charge in [-0.2, -0.15) is 0 Å². The van der Waals surface area contributed by atoms with Crippen molar-refractivity contribution in [1.29, 1.82) is 0 Å². The second-order valence-corrected chi connectivity index (χ2v) is 10.6. The minimum Gasteiger partial charge on any atom is -0.394 e. The van der Waals surface area contributed by atoms with Crippen molar-refractivity contribution >= 4 is 31.5 Å². The fourth-order valence-electron chi connectivity index (χ4n) is 4.68. The van der Waals surface area contributed by atoms with Gasteiger partial charge in [0, 0.05) is 31.3 Å². The summed E-state index contributed by atoms with van der Waals surface area (Å²) in [5, 5.41) is 80.9. The Bertz CT molecular complexity index is 1350. The number of hydrogen-bond donors (Lipinski definition) is 8. The molecule has 1 unspecified atom stereocenters. The van der Waals surface area contributed by atoms with Gasteiger partial charge in [-0.25, -0.2) is 0 Å². The van der Waals surface area contributed by atoms with Gasteiger partial charge in [-0.3, -0.25) is 0 Å². The molecule has 39 heavy (non-hydrogen) atoms. The first-order valence-corrected chi connectivity index (χ1v) is 13.1. The maximum Gasteiger partial charge on any atom is 0.147 e. The molecule has 8 N–H and O–H groups in total. The van der Waals surface area contributed by atoms with Crippen LogP contribution in [0.25, 0.3) is 20.2 Å². The van der Waals surface area contributed by atoms with Crippen LogP contribution in [0.5, 0.6) is 0 Å². The van der Waals surface area contributed by atoms with Crippen LogP contribution in [-0.2, 0) is 9.47 Å². The molecule has 10 nitrogen and oxygen atoms in total. The highest BCUT2D eigenvalue weighted by atomic mass is 32.1. The molecule has 2 fully saturated rings. The zero-order valence-corrected chi connectivity index (χ0v) is 21.3. The summed E-state index contributed by atoms with van der Waals surface area (Å²) >= 11 is 1.51. The zero-order valence-electron chi connectivity index (χ0n) is 20.5. The number of rotatable bonds is 2. The van der Waals surface area contributed by atoms with Gasteiger partial charge < -0.3 is 50.3 Å². The van der Waals surface area contributed by atoms with E-state index in [1.54, 1.807) is 0 Å². The molecular weight excluding hydrogens is 528 g/mol. The van der Waals surface area contributed by atoms with Crippen molar-refractivity contribution in [2.24, 2.45) is 0 Å². The van der Waals surface area contributed by atoms with Crippen molar-refractivity contribution < 1.29 is 50.3 Å². The maximum absolute atomic E-state index is 10.2. The fourth-order valence-corrected chi connectivity index (χ4v) is 5.87. The van der Waals surface area contributed by atoms with E-state index >= 15 is 0 Å². The number of thiophene rings is 1. The predicted molar refractivity (Wildman–Crippen MR) is 141 cm³/mol. The molecule has 2 saturated heterocycles. The molecule has 0 spiro atoms. The minimum atomic E-state index is -1.49. The molecular formula is C28H28O10S. The topological polar surface area (TPSA) is 180 Å². The summed E-state index contributed by atoms with van der Waals surface area (Å²) in [6.07, 6.45) is -12.9. The molecule has 5 rings (SSSR count). The minimum absolute atomic E-state index is 0.522. The van der Waals surface area contributed by atoms with Crippen LogP contribution in [0.1, 0.15) is 11.1 Å². The fraction of sp³-hybridized carbons (Fsp3) is 0.429. The Kier molecular flexibility index (Phi) is 8.21. The van der Waals surface area contributed by atoms with Gasteiger partial charge in [0.2, 0.25) is 0 Å². The molecule has 2 aromatic carbocycles. The molecule has 3 aromatic rings. The van der Waals surface area contributed by atoms with Gasteiger partial charge in [-0.15, -0.1) is 11.3 Å². The lowest BCUT2D eigenvalue weighted by atomic mass is 9.95. The van der Waals surface area contributed by atoms with E-state index in [0.29, 0.717) is 11.1 Å². The lowest BCUT2D eigenvalue weighted by Gasteiger charge is -2.37. The highest BCUT2D eigenvalue weighted by molar-refractivity contribution is 7.25. The molecule has 2 aliphatic rings. The molecule has 10 atom stereocenters. The van der Waals surface area contributed by atoms with Crippen molar-refractivity contribution in [3.63, 3.8) is 0 Å². The molecule has 0 bridgehead atoms. The Morgan fingerprint density at radius 1 is 0.590 bits per heavy atom. The highest BCUT2D eigenvalue weighted by Crippen LogP contribution is 2.35. The summed E-state index contributed by atoms with van der Waals surface area (Å²) in [6, 6.07) is 11.2. The van der Waals surface area contributed by atoms with Crippen molar-refractivity contribution in [3.8, 4) is 23.7 Å². The van der Waals surface area contributed by atoms with E-state index in [9.17, 15) is 40.9 Å². The number of benzene rings is 2. The third-order valence-corrected chi connectivity index (χ3v) is 8.09. The number of aliphatic hydroxyl groups is 8. The predicted octanol–water partition coefficient (Wildman–Crippen LogP) is -1.56. The molecule has 3 heterocycles. The summed E-state index contributed by atoms with van der Waals surface area (Å²) in [5.41, 5.74) is 1.29. The Labute approximate surface area is 227 Å². The first-order valence-electron chi connectivity index (χ1n) is 12.3. The Morgan fingerprint density at radius 2 is 1.00 bits per heavy atom. The lowest BCUT2D eigenvalue weighted by Crippen LogP contribution is -2.58. The van der Waals surface area contributed by atoms with Crippen LogP contribution in [0.2, 0.25) is 0 Å². The highest BCUT2D eigenvalue weighted by Gasteiger charge is 2.43. The molecule has 1 aromatic heterocycles. The first kappa shape index (κ1) is 27.9. The quantitative estimate of drug-likeness (QED) is 0.172. The summed E-state index contributed by atoms with van der Waals surface area (Å²) in [5.74, 6) is 11.4. The third kappa shape index (κ3) is 5.41. The van der Waals surface area contributed by atoms with Crippen LogP contribution in [0.4, 0.5) is 0 Å². The molecule has 0 aliphatic carbocycles. The molecule has 0 saturated carbocycles. The Hall–Kier alpha value is -2.62. The van der Waals surface area contributed by atoms with E-state index in [0.717, 1.165) is 20.2 Å². The monoisotopic (exact) mass is 556 g/mol. The standard InChI is InChI=1S/C28H28O10S/c29-11-19-25(33)27(35)23(31)17(37-19)7-3-13-1-5-15-16-6-2-14(10-22(16)39-21(15)9-13)4-8-18-24(32)28(36)26(34)20(12-30)38-18/h1-2,5-6,9-10,17-20,23-36H,11-12H2/t17-,18-,19-,20-,23-,24-,25-,26-,27-,28?/m1/s1. The van der Waals surface area contributed by atoms with Gasteiger partial charge in [0.05, 0.1) is 13.2 Å².